The third-order valence-electron chi connectivity index (χ3n) is 4.67. The van der Waals surface area contributed by atoms with Gasteiger partial charge in [-0.3, -0.25) is 4.79 Å². The fourth-order valence-corrected chi connectivity index (χ4v) is 4.50. The fourth-order valence-electron chi connectivity index (χ4n) is 3.47. The van der Waals surface area contributed by atoms with Crippen molar-refractivity contribution in [2.45, 2.75) is 58.3 Å². The molecule has 2 unspecified atom stereocenters. The van der Waals surface area contributed by atoms with Crippen LogP contribution >= 0.6 is 11.3 Å². The second kappa shape index (κ2) is 4.69. The molecule has 1 aromatic heterocycles. The van der Waals surface area contributed by atoms with Gasteiger partial charge in [-0.1, -0.05) is 33.6 Å². The summed E-state index contributed by atoms with van der Waals surface area (Å²) < 4.78 is 0. The molecule has 19 heavy (non-hydrogen) atoms. The van der Waals surface area contributed by atoms with Crippen LogP contribution in [0.3, 0.4) is 0 Å². The first-order valence-corrected chi connectivity index (χ1v) is 8.32. The van der Waals surface area contributed by atoms with Crippen molar-refractivity contribution in [1.82, 2.24) is 4.98 Å². The van der Waals surface area contributed by atoms with Crippen molar-refractivity contribution in [2.24, 2.45) is 17.8 Å². The molecule has 0 N–H and O–H groups in total. The van der Waals surface area contributed by atoms with Gasteiger partial charge in [-0.05, 0) is 24.7 Å². The summed E-state index contributed by atoms with van der Waals surface area (Å²) in [5.74, 6) is 2.28. The van der Waals surface area contributed by atoms with Crippen LogP contribution in [0.15, 0.2) is 5.38 Å². The van der Waals surface area contributed by atoms with E-state index in [-0.39, 0.29) is 5.41 Å². The smallest absolute Gasteiger partial charge is 0.143 e. The average Bonchev–Trinajstić information content (AvgIpc) is 2.88. The van der Waals surface area contributed by atoms with E-state index in [0.717, 1.165) is 22.5 Å². The number of thiazole rings is 1. The minimum absolute atomic E-state index is 0.0887. The van der Waals surface area contributed by atoms with Crippen LogP contribution in [-0.2, 0) is 16.6 Å². The van der Waals surface area contributed by atoms with E-state index in [1.54, 1.807) is 11.3 Å². The average molecular weight is 277 g/mol. The lowest BCUT2D eigenvalue weighted by molar-refractivity contribution is -0.120. The summed E-state index contributed by atoms with van der Waals surface area (Å²) in [6.45, 7) is 6.51. The highest BCUT2D eigenvalue weighted by Gasteiger charge is 2.54. The van der Waals surface area contributed by atoms with Gasteiger partial charge in [-0.15, -0.1) is 11.3 Å². The van der Waals surface area contributed by atoms with Crippen molar-refractivity contribution in [3.05, 3.63) is 16.1 Å². The Bertz CT molecular complexity index is 473. The minimum atomic E-state index is 0.0887. The molecule has 2 aliphatic rings. The summed E-state index contributed by atoms with van der Waals surface area (Å²) in [7, 11) is 0. The molecule has 1 heterocycles. The zero-order valence-corrected chi connectivity index (χ0v) is 12.9. The maximum absolute atomic E-state index is 12.4. The lowest BCUT2D eigenvalue weighted by atomic mass is 9.93. The van der Waals surface area contributed by atoms with Crippen molar-refractivity contribution < 1.29 is 4.79 Å². The van der Waals surface area contributed by atoms with Gasteiger partial charge < -0.3 is 0 Å². The van der Waals surface area contributed by atoms with Gasteiger partial charge in [0.05, 0.1) is 12.1 Å². The molecule has 2 saturated carbocycles. The van der Waals surface area contributed by atoms with Crippen LogP contribution in [0.4, 0.5) is 0 Å². The van der Waals surface area contributed by atoms with E-state index in [2.05, 4.69) is 31.1 Å². The highest BCUT2D eigenvalue weighted by Crippen LogP contribution is 2.56. The Morgan fingerprint density at radius 1 is 1.32 bits per heavy atom. The fraction of sp³-hybridized carbons (Fsp3) is 0.750. The Hall–Kier alpha value is -0.700. The zero-order chi connectivity index (χ0) is 13.6. The predicted molar refractivity (Wildman–Crippen MR) is 78.5 cm³/mol. The normalized spacial score (nSPS) is 29.9. The summed E-state index contributed by atoms with van der Waals surface area (Å²) in [6.07, 6.45) is 5.80. The van der Waals surface area contributed by atoms with Crippen molar-refractivity contribution in [2.75, 3.05) is 0 Å². The lowest BCUT2D eigenvalue weighted by Crippen LogP contribution is -2.12. The molecule has 0 saturated heterocycles. The van der Waals surface area contributed by atoms with Gasteiger partial charge in [0.15, 0.2) is 0 Å². The Morgan fingerprint density at radius 2 is 1.95 bits per heavy atom. The summed E-state index contributed by atoms with van der Waals surface area (Å²) >= 11 is 1.65. The molecular formula is C16H23NOS. The molecule has 0 aliphatic heterocycles. The Kier molecular flexibility index (Phi) is 3.28. The molecular weight excluding hydrogens is 254 g/mol. The SMILES string of the molecule is CC(C)(C)c1csc(CC(=O)C2C3CCCCC32)n1. The quantitative estimate of drug-likeness (QED) is 0.836. The number of rotatable bonds is 3. The second-order valence-corrected chi connectivity index (χ2v) is 8.10. The van der Waals surface area contributed by atoms with Gasteiger partial charge >= 0.3 is 0 Å². The van der Waals surface area contributed by atoms with Crippen molar-refractivity contribution in [1.29, 1.82) is 0 Å². The molecule has 0 spiro atoms. The van der Waals surface area contributed by atoms with Crippen molar-refractivity contribution in [3.63, 3.8) is 0 Å². The molecule has 2 fully saturated rings. The summed E-state index contributed by atoms with van der Waals surface area (Å²) in [6, 6.07) is 0. The van der Waals surface area contributed by atoms with Gasteiger partial charge in [0.25, 0.3) is 0 Å². The molecule has 0 radical (unpaired) electrons. The Labute approximate surface area is 119 Å². The standard InChI is InChI=1S/C16H23NOS/c1-16(2,3)13-9-19-14(17-13)8-12(18)15-10-6-4-5-7-11(10)15/h9-11,15H,4-8H2,1-3H3. The molecule has 1 aromatic rings. The highest BCUT2D eigenvalue weighted by molar-refractivity contribution is 7.09. The number of Topliss-reactive ketones (excluding diaryl/α,β-unsaturated/α-hetero) is 1. The number of aromatic nitrogens is 1. The molecule has 2 aliphatic carbocycles. The summed E-state index contributed by atoms with van der Waals surface area (Å²) in [5.41, 5.74) is 1.21. The van der Waals surface area contributed by atoms with Crippen LogP contribution in [0, 0.1) is 17.8 Å². The molecule has 104 valence electrons. The van der Waals surface area contributed by atoms with Gasteiger partial charge in [0, 0.05) is 16.7 Å². The van der Waals surface area contributed by atoms with E-state index >= 15 is 0 Å². The minimum Gasteiger partial charge on any atom is -0.299 e. The van der Waals surface area contributed by atoms with Crippen LogP contribution in [-0.4, -0.2) is 10.8 Å². The number of ketones is 1. The topological polar surface area (TPSA) is 30.0 Å². The van der Waals surface area contributed by atoms with E-state index < -0.39 is 0 Å². The third kappa shape index (κ3) is 2.62. The Balaban J connectivity index is 1.63. The van der Waals surface area contributed by atoms with Crippen LogP contribution in [0.1, 0.15) is 57.2 Å². The van der Waals surface area contributed by atoms with Gasteiger partial charge in [0.1, 0.15) is 10.8 Å². The number of hydrogen-bond donors (Lipinski definition) is 0. The van der Waals surface area contributed by atoms with E-state index in [9.17, 15) is 4.79 Å². The summed E-state index contributed by atoms with van der Waals surface area (Å²) in [4.78, 5) is 17.0. The molecule has 0 bridgehead atoms. The van der Waals surface area contributed by atoms with Gasteiger partial charge in [-0.25, -0.2) is 4.98 Å². The van der Waals surface area contributed by atoms with Crippen LogP contribution < -0.4 is 0 Å². The second-order valence-electron chi connectivity index (χ2n) is 7.16. The van der Waals surface area contributed by atoms with Crippen LogP contribution in [0.5, 0.6) is 0 Å². The van der Waals surface area contributed by atoms with E-state index in [1.165, 1.54) is 25.7 Å². The van der Waals surface area contributed by atoms with Gasteiger partial charge in [-0.2, -0.15) is 0 Å². The predicted octanol–water partition coefficient (Wildman–Crippen LogP) is 3.99. The van der Waals surface area contributed by atoms with Crippen LogP contribution in [0.2, 0.25) is 0 Å². The number of carbonyl (C=O) groups excluding carboxylic acids is 1. The molecule has 0 aromatic carbocycles. The first kappa shape index (κ1) is 13.3. The number of fused-ring (bicyclic) bond motifs is 1. The molecule has 2 nitrogen and oxygen atoms in total. The lowest BCUT2D eigenvalue weighted by Gasteiger charge is -2.14. The molecule has 3 heteroatoms. The third-order valence-corrected chi connectivity index (χ3v) is 5.52. The van der Waals surface area contributed by atoms with Crippen LogP contribution in [0.25, 0.3) is 0 Å². The molecule has 0 amide bonds. The largest absolute Gasteiger partial charge is 0.299 e. The first-order valence-electron chi connectivity index (χ1n) is 7.44. The number of carbonyl (C=O) groups is 1. The maximum Gasteiger partial charge on any atom is 0.143 e. The van der Waals surface area contributed by atoms with Gasteiger partial charge in [0.2, 0.25) is 0 Å². The molecule has 2 atom stereocenters. The van der Waals surface area contributed by atoms with Crippen molar-refractivity contribution in [3.8, 4) is 0 Å². The van der Waals surface area contributed by atoms with E-state index in [0.29, 0.717) is 18.1 Å². The highest BCUT2D eigenvalue weighted by atomic mass is 32.1. The Morgan fingerprint density at radius 3 is 2.47 bits per heavy atom. The molecule has 3 rings (SSSR count). The van der Waals surface area contributed by atoms with Crippen molar-refractivity contribution >= 4 is 17.1 Å². The number of hydrogen-bond acceptors (Lipinski definition) is 3. The first-order chi connectivity index (χ1) is 8.97. The monoisotopic (exact) mass is 277 g/mol. The van der Waals surface area contributed by atoms with E-state index in [1.807, 2.05) is 0 Å². The maximum atomic E-state index is 12.4. The summed E-state index contributed by atoms with van der Waals surface area (Å²) in [5, 5.41) is 3.13. The van der Waals surface area contributed by atoms with E-state index in [4.69, 9.17) is 0 Å². The zero-order valence-electron chi connectivity index (χ0n) is 12.1. The number of nitrogens with zero attached hydrogens (tertiary/aromatic N) is 1.